The molecule has 2 fully saturated rings. The van der Waals surface area contributed by atoms with Crippen LogP contribution in [-0.2, 0) is 9.59 Å². The maximum atomic E-state index is 12.1. The van der Waals surface area contributed by atoms with Crippen molar-refractivity contribution >= 4 is 11.7 Å². The lowest BCUT2D eigenvalue weighted by Gasteiger charge is -2.30. The number of Topliss-reactive ketones (excluding diaryl/α,β-unsaturated/α-hetero) is 1. The lowest BCUT2D eigenvalue weighted by molar-refractivity contribution is -0.135. The lowest BCUT2D eigenvalue weighted by Crippen LogP contribution is -2.45. The van der Waals surface area contributed by atoms with E-state index in [9.17, 15) is 9.59 Å². The van der Waals surface area contributed by atoms with Crippen molar-refractivity contribution in [2.45, 2.75) is 31.7 Å². The second-order valence-corrected chi connectivity index (χ2v) is 5.89. The van der Waals surface area contributed by atoms with Crippen LogP contribution in [0.25, 0.3) is 0 Å². The maximum Gasteiger partial charge on any atom is 0.236 e. The zero-order valence-electron chi connectivity index (χ0n) is 12.1. The van der Waals surface area contributed by atoms with Crippen LogP contribution in [0.2, 0.25) is 0 Å². The largest absolute Gasteiger partial charge is 0.341 e. The molecule has 0 N–H and O–H groups in total. The summed E-state index contributed by atoms with van der Waals surface area (Å²) in [7, 11) is 4.17. The van der Waals surface area contributed by atoms with Gasteiger partial charge in [0.05, 0.1) is 6.54 Å². The first-order valence-electron chi connectivity index (χ1n) is 7.24. The molecule has 0 aromatic rings. The number of hydrogen-bond acceptors (Lipinski definition) is 4. The van der Waals surface area contributed by atoms with E-state index >= 15 is 0 Å². The quantitative estimate of drug-likeness (QED) is 0.730. The van der Waals surface area contributed by atoms with E-state index in [-0.39, 0.29) is 11.7 Å². The topological polar surface area (TPSA) is 43.9 Å². The molecule has 0 bridgehead atoms. The van der Waals surface area contributed by atoms with E-state index in [2.05, 4.69) is 16.8 Å². The summed E-state index contributed by atoms with van der Waals surface area (Å²) in [5.74, 6) is 0.445. The first-order chi connectivity index (χ1) is 9.06. The second-order valence-electron chi connectivity index (χ2n) is 5.89. The fourth-order valence-corrected chi connectivity index (χ4v) is 2.97. The molecule has 2 heterocycles. The summed E-state index contributed by atoms with van der Waals surface area (Å²) in [5, 5.41) is 0. The fraction of sp³-hybridized carbons (Fsp3) is 0.857. The molecule has 0 spiro atoms. The van der Waals surface area contributed by atoms with Crippen LogP contribution in [0.5, 0.6) is 0 Å². The van der Waals surface area contributed by atoms with Gasteiger partial charge in [-0.15, -0.1) is 0 Å². The summed E-state index contributed by atoms with van der Waals surface area (Å²) in [6, 6.07) is 0.584. The van der Waals surface area contributed by atoms with E-state index < -0.39 is 0 Å². The number of likely N-dealkylation sites (N-methyl/N-ethyl adjacent to an activating group) is 2. The van der Waals surface area contributed by atoms with Gasteiger partial charge in [-0.3, -0.25) is 14.5 Å². The molecule has 5 nitrogen and oxygen atoms in total. The van der Waals surface area contributed by atoms with Gasteiger partial charge in [0, 0.05) is 38.5 Å². The van der Waals surface area contributed by atoms with E-state index in [1.807, 2.05) is 11.9 Å². The third-order valence-corrected chi connectivity index (χ3v) is 4.27. The van der Waals surface area contributed by atoms with E-state index in [0.717, 1.165) is 6.54 Å². The second kappa shape index (κ2) is 6.48. The minimum absolute atomic E-state index is 0.163. The minimum Gasteiger partial charge on any atom is -0.341 e. The van der Waals surface area contributed by atoms with Crippen LogP contribution in [0, 0.1) is 0 Å². The van der Waals surface area contributed by atoms with Gasteiger partial charge >= 0.3 is 0 Å². The van der Waals surface area contributed by atoms with Gasteiger partial charge in [-0.1, -0.05) is 0 Å². The Morgan fingerprint density at radius 3 is 2.58 bits per heavy atom. The molecule has 2 aliphatic rings. The Labute approximate surface area is 115 Å². The SMILES string of the molecule is CN(CC(=O)N1CCC(=O)CC1)CC1CCCN1C. The van der Waals surface area contributed by atoms with Crippen molar-refractivity contribution in [1.29, 1.82) is 0 Å². The van der Waals surface area contributed by atoms with Crippen molar-refractivity contribution in [3.8, 4) is 0 Å². The Morgan fingerprint density at radius 1 is 1.32 bits per heavy atom. The average molecular weight is 267 g/mol. The van der Waals surface area contributed by atoms with Gasteiger partial charge in [0.1, 0.15) is 5.78 Å². The number of piperidine rings is 1. The summed E-state index contributed by atoms with van der Waals surface area (Å²) in [4.78, 5) is 29.6. The highest BCUT2D eigenvalue weighted by atomic mass is 16.2. The Kier molecular flexibility index (Phi) is 4.93. The molecule has 0 aliphatic carbocycles. The van der Waals surface area contributed by atoms with E-state index in [0.29, 0.717) is 38.5 Å². The molecule has 0 aromatic carbocycles. The molecular weight excluding hydrogens is 242 g/mol. The predicted molar refractivity (Wildman–Crippen MR) is 74.0 cm³/mol. The van der Waals surface area contributed by atoms with Gasteiger partial charge in [0.15, 0.2) is 0 Å². The third-order valence-electron chi connectivity index (χ3n) is 4.27. The number of hydrogen-bond donors (Lipinski definition) is 0. The maximum absolute atomic E-state index is 12.1. The number of nitrogens with zero attached hydrogens (tertiary/aromatic N) is 3. The molecule has 1 amide bonds. The predicted octanol–water partition coefficient (Wildman–Crippen LogP) is 0.204. The Bertz CT molecular complexity index is 336. The highest BCUT2D eigenvalue weighted by molar-refractivity contribution is 5.84. The van der Waals surface area contributed by atoms with Crippen molar-refractivity contribution in [1.82, 2.24) is 14.7 Å². The van der Waals surface area contributed by atoms with Crippen molar-refractivity contribution in [2.24, 2.45) is 0 Å². The summed E-state index contributed by atoms with van der Waals surface area (Å²) < 4.78 is 0. The number of likely N-dealkylation sites (tertiary alicyclic amines) is 2. The Morgan fingerprint density at radius 2 is 2.00 bits per heavy atom. The molecule has 2 saturated heterocycles. The molecule has 0 saturated carbocycles. The van der Waals surface area contributed by atoms with Crippen molar-refractivity contribution < 1.29 is 9.59 Å². The van der Waals surface area contributed by atoms with Crippen LogP contribution in [0.4, 0.5) is 0 Å². The average Bonchev–Trinajstić information content (AvgIpc) is 2.75. The minimum atomic E-state index is 0.163. The zero-order valence-corrected chi connectivity index (χ0v) is 12.1. The first-order valence-corrected chi connectivity index (χ1v) is 7.24. The third kappa shape index (κ3) is 4.01. The molecule has 2 rings (SSSR count). The highest BCUT2D eigenvalue weighted by Crippen LogP contribution is 2.15. The first kappa shape index (κ1) is 14.5. The van der Waals surface area contributed by atoms with E-state index in [4.69, 9.17) is 0 Å². The number of carbonyl (C=O) groups excluding carboxylic acids is 2. The van der Waals surface area contributed by atoms with Gasteiger partial charge in [-0.2, -0.15) is 0 Å². The van der Waals surface area contributed by atoms with Crippen LogP contribution in [-0.4, -0.2) is 79.3 Å². The van der Waals surface area contributed by atoms with Crippen LogP contribution < -0.4 is 0 Å². The number of rotatable bonds is 4. The van der Waals surface area contributed by atoms with Gasteiger partial charge < -0.3 is 9.80 Å². The van der Waals surface area contributed by atoms with E-state index in [1.54, 1.807) is 0 Å². The smallest absolute Gasteiger partial charge is 0.236 e. The molecular formula is C14H25N3O2. The Balaban J connectivity index is 1.73. The number of amides is 1. The standard InChI is InChI=1S/C14H25N3O2/c1-15(10-12-4-3-7-16(12)2)11-14(19)17-8-5-13(18)6-9-17/h12H,3-11H2,1-2H3. The summed E-state index contributed by atoms with van der Waals surface area (Å²) in [6.45, 7) is 3.80. The van der Waals surface area contributed by atoms with Crippen molar-refractivity contribution in [3.63, 3.8) is 0 Å². The van der Waals surface area contributed by atoms with Crippen LogP contribution in [0.15, 0.2) is 0 Å². The molecule has 0 aromatic heterocycles. The van der Waals surface area contributed by atoms with Gasteiger partial charge in [0.2, 0.25) is 5.91 Å². The molecule has 5 heteroatoms. The normalized spacial score (nSPS) is 25.3. The number of carbonyl (C=O) groups is 2. The monoisotopic (exact) mass is 267 g/mol. The molecule has 1 unspecified atom stereocenters. The number of ketones is 1. The highest BCUT2D eigenvalue weighted by Gasteiger charge is 2.25. The molecule has 1 atom stereocenters. The summed E-state index contributed by atoms with van der Waals surface area (Å²) in [6.07, 6.45) is 3.55. The summed E-state index contributed by atoms with van der Waals surface area (Å²) >= 11 is 0. The lowest BCUT2D eigenvalue weighted by atomic mass is 10.1. The van der Waals surface area contributed by atoms with Gasteiger partial charge in [0.25, 0.3) is 0 Å². The van der Waals surface area contributed by atoms with Gasteiger partial charge in [-0.25, -0.2) is 0 Å². The Hall–Kier alpha value is -0.940. The van der Waals surface area contributed by atoms with Crippen molar-refractivity contribution in [2.75, 3.05) is 46.8 Å². The van der Waals surface area contributed by atoms with Crippen molar-refractivity contribution in [3.05, 3.63) is 0 Å². The van der Waals surface area contributed by atoms with Crippen LogP contribution >= 0.6 is 0 Å². The fourth-order valence-electron chi connectivity index (χ4n) is 2.97. The molecule has 108 valence electrons. The van der Waals surface area contributed by atoms with Crippen LogP contribution in [0.1, 0.15) is 25.7 Å². The summed E-state index contributed by atoms with van der Waals surface area (Å²) in [5.41, 5.74) is 0. The van der Waals surface area contributed by atoms with Gasteiger partial charge in [-0.05, 0) is 33.5 Å². The zero-order chi connectivity index (χ0) is 13.8. The molecule has 0 radical (unpaired) electrons. The molecule has 2 aliphatic heterocycles. The van der Waals surface area contributed by atoms with Crippen LogP contribution in [0.3, 0.4) is 0 Å². The molecule has 19 heavy (non-hydrogen) atoms. The van der Waals surface area contributed by atoms with E-state index in [1.165, 1.54) is 19.4 Å².